The van der Waals surface area contributed by atoms with Gasteiger partial charge in [0.05, 0.1) is 25.4 Å². The molecule has 0 spiro atoms. The van der Waals surface area contributed by atoms with E-state index in [9.17, 15) is 5.11 Å². The minimum absolute atomic E-state index is 0.0807. The molecular formula is C8H18N2O2. The van der Waals surface area contributed by atoms with Gasteiger partial charge >= 0.3 is 0 Å². The maximum absolute atomic E-state index is 9.24. The van der Waals surface area contributed by atoms with E-state index in [1.807, 2.05) is 0 Å². The van der Waals surface area contributed by atoms with Crippen LogP contribution in [-0.4, -0.2) is 55.0 Å². The summed E-state index contributed by atoms with van der Waals surface area (Å²) in [4.78, 5) is 2.19. The summed E-state index contributed by atoms with van der Waals surface area (Å²) in [5, 5.41) is 9.24. The van der Waals surface area contributed by atoms with Crippen LogP contribution in [0.5, 0.6) is 0 Å². The molecule has 3 N–H and O–H groups in total. The molecule has 0 saturated carbocycles. The van der Waals surface area contributed by atoms with Crippen LogP contribution in [0.25, 0.3) is 0 Å². The average molecular weight is 174 g/mol. The molecule has 1 aliphatic rings. The van der Waals surface area contributed by atoms with Crippen molar-refractivity contribution < 1.29 is 9.84 Å². The monoisotopic (exact) mass is 174 g/mol. The summed E-state index contributed by atoms with van der Waals surface area (Å²) in [6, 6.07) is 0. The number of aliphatic hydroxyl groups is 1. The van der Waals surface area contributed by atoms with E-state index in [-0.39, 0.29) is 12.1 Å². The molecular weight excluding hydrogens is 156 g/mol. The molecule has 4 heteroatoms. The van der Waals surface area contributed by atoms with Gasteiger partial charge in [0.15, 0.2) is 0 Å². The lowest BCUT2D eigenvalue weighted by molar-refractivity contribution is -0.0844. The summed E-state index contributed by atoms with van der Waals surface area (Å²) in [6.45, 7) is 5.69. The number of likely N-dealkylation sites (N-methyl/N-ethyl adjacent to an activating group) is 1. The van der Waals surface area contributed by atoms with Crippen LogP contribution in [0, 0.1) is 0 Å². The Hall–Kier alpha value is -0.160. The van der Waals surface area contributed by atoms with E-state index in [4.69, 9.17) is 10.5 Å². The van der Waals surface area contributed by atoms with Crippen LogP contribution in [0.1, 0.15) is 6.92 Å². The smallest absolute Gasteiger partial charge is 0.0800 e. The van der Waals surface area contributed by atoms with Crippen molar-refractivity contribution in [1.29, 1.82) is 0 Å². The highest BCUT2D eigenvalue weighted by molar-refractivity contribution is 4.93. The van der Waals surface area contributed by atoms with E-state index in [0.717, 1.165) is 19.7 Å². The Bertz CT molecular complexity index is 137. The number of nitrogens with two attached hydrogens (primary N) is 1. The first kappa shape index (κ1) is 9.92. The lowest BCUT2D eigenvalue weighted by atomic mass is 9.98. The Kier molecular flexibility index (Phi) is 3.46. The van der Waals surface area contributed by atoms with E-state index in [2.05, 4.69) is 11.8 Å². The van der Waals surface area contributed by atoms with Crippen LogP contribution in [0.3, 0.4) is 0 Å². The van der Waals surface area contributed by atoms with Gasteiger partial charge in [-0.1, -0.05) is 6.92 Å². The number of rotatable bonds is 3. The minimum atomic E-state index is -0.326. The molecule has 0 aromatic carbocycles. The molecule has 72 valence electrons. The third kappa shape index (κ3) is 1.61. The van der Waals surface area contributed by atoms with Crippen LogP contribution in [-0.2, 0) is 4.74 Å². The summed E-state index contributed by atoms with van der Waals surface area (Å²) in [5.41, 5.74) is 5.31. The van der Waals surface area contributed by atoms with Gasteiger partial charge in [-0.25, -0.2) is 0 Å². The second-order valence-electron chi connectivity index (χ2n) is 3.22. The third-order valence-corrected chi connectivity index (χ3v) is 2.60. The number of hydrogen-bond acceptors (Lipinski definition) is 4. The molecule has 0 amide bonds. The van der Waals surface area contributed by atoms with E-state index < -0.39 is 0 Å². The van der Waals surface area contributed by atoms with Crippen molar-refractivity contribution >= 4 is 0 Å². The fourth-order valence-corrected chi connectivity index (χ4v) is 1.66. The maximum atomic E-state index is 9.24. The van der Waals surface area contributed by atoms with E-state index in [1.54, 1.807) is 0 Å². The van der Waals surface area contributed by atoms with E-state index >= 15 is 0 Å². The van der Waals surface area contributed by atoms with Gasteiger partial charge in [-0.2, -0.15) is 0 Å². The first-order valence-electron chi connectivity index (χ1n) is 4.43. The van der Waals surface area contributed by atoms with Crippen molar-refractivity contribution in [1.82, 2.24) is 4.90 Å². The zero-order valence-electron chi connectivity index (χ0n) is 7.62. The van der Waals surface area contributed by atoms with Crippen molar-refractivity contribution in [3.8, 4) is 0 Å². The fraction of sp³-hybridized carbons (Fsp3) is 1.00. The number of morpholine rings is 1. The van der Waals surface area contributed by atoms with Gasteiger partial charge in [-0.3, -0.25) is 4.90 Å². The quantitative estimate of drug-likeness (QED) is 0.578. The molecule has 0 aromatic rings. The molecule has 1 heterocycles. The van der Waals surface area contributed by atoms with Gasteiger partial charge in [0, 0.05) is 13.1 Å². The third-order valence-electron chi connectivity index (χ3n) is 2.60. The molecule has 12 heavy (non-hydrogen) atoms. The largest absolute Gasteiger partial charge is 0.394 e. The molecule has 1 unspecified atom stereocenters. The molecule has 1 aliphatic heterocycles. The zero-order valence-corrected chi connectivity index (χ0v) is 7.62. The summed E-state index contributed by atoms with van der Waals surface area (Å²) in [5.74, 6) is 0. The highest BCUT2D eigenvalue weighted by Gasteiger charge is 2.36. The lowest BCUT2D eigenvalue weighted by Gasteiger charge is -2.44. The number of nitrogens with zero attached hydrogens (tertiary/aromatic N) is 1. The molecule has 0 aromatic heterocycles. The van der Waals surface area contributed by atoms with E-state index in [1.165, 1.54) is 0 Å². The molecule has 0 aliphatic carbocycles. The van der Waals surface area contributed by atoms with Crippen LogP contribution in [0.15, 0.2) is 0 Å². The van der Waals surface area contributed by atoms with Crippen LogP contribution >= 0.6 is 0 Å². The van der Waals surface area contributed by atoms with Crippen LogP contribution in [0.2, 0.25) is 0 Å². The van der Waals surface area contributed by atoms with Crippen LogP contribution in [0.4, 0.5) is 0 Å². The predicted octanol–water partition coefficient (Wildman–Crippen LogP) is -0.972. The second-order valence-corrected chi connectivity index (χ2v) is 3.22. The van der Waals surface area contributed by atoms with E-state index in [0.29, 0.717) is 13.2 Å². The Morgan fingerprint density at radius 2 is 2.42 bits per heavy atom. The van der Waals surface area contributed by atoms with Crippen LogP contribution < -0.4 is 5.73 Å². The number of aliphatic hydroxyl groups excluding tert-OH is 1. The Morgan fingerprint density at radius 1 is 1.67 bits per heavy atom. The molecule has 1 atom stereocenters. The van der Waals surface area contributed by atoms with Gasteiger partial charge in [-0.05, 0) is 6.54 Å². The standard InChI is InChI=1S/C8H18N2O2/c1-2-10-3-4-12-7-8(10,5-9)6-11/h11H,2-7,9H2,1H3. The molecule has 0 radical (unpaired) electrons. The highest BCUT2D eigenvalue weighted by Crippen LogP contribution is 2.17. The molecule has 0 bridgehead atoms. The Labute approximate surface area is 73.3 Å². The predicted molar refractivity (Wildman–Crippen MR) is 46.9 cm³/mol. The summed E-state index contributed by atoms with van der Waals surface area (Å²) < 4.78 is 5.32. The Balaban J connectivity index is 2.66. The van der Waals surface area contributed by atoms with Gasteiger partial charge in [0.2, 0.25) is 0 Å². The van der Waals surface area contributed by atoms with Gasteiger partial charge in [0.25, 0.3) is 0 Å². The maximum Gasteiger partial charge on any atom is 0.0800 e. The SMILES string of the molecule is CCN1CCOCC1(CN)CO. The first-order valence-corrected chi connectivity index (χ1v) is 4.43. The normalized spacial score (nSPS) is 32.2. The second kappa shape index (κ2) is 4.18. The number of ether oxygens (including phenoxy) is 1. The molecule has 1 fully saturated rings. The average Bonchev–Trinajstić information content (AvgIpc) is 2.17. The lowest BCUT2D eigenvalue weighted by Crippen LogP contribution is -2.63. The summed E-state index contributed by atoms with van der Waals surface area (Å²) in [6.07, 6.45) is 0. The fourth-order valence-electron chi connectivity index (χ4n) is 1.66. The van der Waals surface area contributed by atoms with Crippen molar-refractivity contribution in [2.75, 3.05) is 39.5 Å². The summed E-state index contributed by atoms with van der Waals surface area (Å²) in [7, 11) is 0. The van der Waals surface area contributed by atoms with Crippen molar-refractivity contribution in [3.63, 3.8) is 0 Å². The van der Waals surface area contributed by atoms with Crippen molar-refractivity contribution in [3.05, 3.63) is 0 Å². The van der Waals surface area contributed by atoms with Gasteiger partial charge < -0.3 is 15.6 Å². The molecule has 4 nitrogen and oxygen atoms in total. The molecule has 1 saturated heterocycles. The van der Waals surface area contributed by atoms with Gasteiger partial charge in [0.1, 0.15) is 0 Å². The minimum Gasteiger partial charge on any atom is -0.394 e. The topological polar surface area (TPSA) is 58.7 Å². The first-order chi connectivity index (χ1) is 5.79. The van der Waals surface area contributed by atoms with Crippen molar-refractivity contribution in [2.24, 2.45) is 5.73 Å². The molecule has 1 rings (SSSR count). The Morgan fingerprint density at radius 3 is 2.83 bits per heavy atom. The highest BCUT2D eigenvalue weighted by atomic mass is 16.5. The van der Waals surface area contributed by atoms with Crippen molar-refractivity contribution in [2.45, 2.75) is 12.5 Å². The summed E-state index contributed by atoms with van der Waals surface area (Å²) >= 11 is 0. The van der Waals surface area contributed by atoms with Gasteiger partial charge in [-0.15, -0.1) is 0 Å². The zero-order chi connectivity index (χ0) is 9.03. The number of hydrogen-bond donors (Lipinski definition) is 2.